The van der Waals surface area contributed by atoms with Crippen LogP contribution in [0.3, 0.4) is 0 Å². The topological polar surface area (TPSA) is 61.0 Å². The van der Waals surface area contributed by atoms with E-state index < -0.39 is 0 Å². The van der Waals surface area contributed by atoms with Crippen LogP contribution in [0.4, 0.5) is 0 Å². The fourth-order valence-electron chi connectivity index (χ4n) is 2.26. The number of benzene rings is 1. The molecule has 1 aromatic heterocycles. The van der Waals surface area contributed by atoms with Gasteiger partial charge in [0.15, 0.2) is 0 Å². The van der Waals surface area contributed by atoms with Crippen LogP contribution in [0.2, 0.25) is 0 Å². The lowest BCUT2D eigenvalue weighted by Gasteiger charge is -2.13. The van der Waals surface area contributed by atoms with E-state index in [1.807, 2.05) is 26.8 Å². The fraction of sp³-hybridized carbons (Fsp3) is 0.375. The van der Waals surface area contributed by atoms with Crippen molar-refractivity contribution in [2.75, 3.05) is 0 Å². The predicted molar refractivity (Wildman–Crippen MR) is 80.0 cm³/mol. The Kier molecular flexibility index (Phi) is 4.35. The summed E-state index contributed by atoms with van der Waals surface area (Å²) in [5, 5.41) is 0. The van der Waals surface area contributed by atoms with Crippen molar-refractivity contribution in [3.8, 4) is 11.6 Å². The summed E-state index contributed by atoms with van der Waals surface area (Å²) in [6.07, 6.45) is 0.865. The van der Waals surface area contributed by atoms with Gasteiger partial charge >= 0.3 is 0 Å². The number of nitrogens with zero attached hydrogens (tertiary/aromatic N) is 2. The quantitative estimate of drug-likeness (QED) is 0.927. The molecule has 0 amide bonds. The maximum Gasteiger partial charge on any atom is 0.222 e. The van der Waals surface area contributed by atoms with Gasteiger partial charge in [-0.3, -0.25) is 0 Å². The SMILES string of the molecule is CCc1cc(Oc2c(C)cc(CN)cc2C)nc(C)n1. The van der Waals surface area contributed by atoms with Crippen LogP contribution >= 0.6 is 0 Å². The Labute approximate surface area is 120 Å². The molecule has 0 atom stereocenters. The first kappa shape index (κ1) is 14.5. The smallest absolute Gasteiger partial charge is 0.222 e. The molecule has 4 nitrogen and oxygen atoms in total. The normalized spacial score (nSPS) is 10.7. The van der Waals surface area contributed by atoms with Gasteiger partial charge in [0.1, 0.15) is 11.6 Å². The second-order valence-corrected chi connectivity index (χ2v) is 4.96. The fourth-order valence-corrected chi connectivity index (χ4v) is 2.26. The Hall–Kier alpha value is -1.94. The minimum atomic E-state index is 0.536. The van der Waals surface area contributed by atoms with Crippen LogP contribution < -0.4 is 10.5 Å². The maximum atomic E-state index is 5.97. The van der Waals surface area contributed by atoms with E-state index >= 15 is 0 Å². The molecular weight excluding hydrogens is 250 g/mol. The lowest BCUT2D eigenvalue weighted by atomic mass is 10.1. The van der Waals surface area contributed by atoms with Crippen LogP contribution in [0.25, 0.3) is 0 Å². The summed E-state index contributed by atoms with van der Waals surface area (Å²) < 4.78 is 5.97. The van der Waals surface area contributed by atoms with Crippen LogP contribution in [-0.2, 0) is 13.0 Å². The van der Waals surface area contributed by atoms with Crippen molar-refractivity contribution in [1.82, 2.24) is 9.97 Å². The molecule has 0 fully saturated rings. The third kappa shape index (κ3) is 3.14. The van der Waals surface area contributed by atoms with Gasteiger partial charge in [-0.05, 0) is 43.9 Å². The zero-order valence-corrected chi connectivity index (χ0v) is 12.5. The molecule has 0 aliphatic carbocycles. The first-order chi connectivity index (χ1) is 9.53. The average Bonchev–Trinajstić information content (AvgIpc) is 2.41. The van der Waals surface area contributed by atoms with E-state index in [1.165, 1.54) is 0 Å². The van der Waals surface area contributed by atoms with E-state index in [1.54, 1.807) is 0 Å². The van der Waals surface area contributed by atoms with Crippen molar-refractivity contribution in [2.45, 2.75) is 40.7 Å². The molecule has 1 heterocycles. The van der Waals surface area contributed by atoms with Crippen molar-refractivity contribution < 1.29 is 4.74 Å². The van der Waals surface area contributed by atoms with E-state index in [-0.39, 0.29) is 0 Å². The molecule has 2 aromatic rings. The van der Waals surface area contributed by atoms with E-state index in [0.717, 1.165) is 40.4 Å². The number of aryl methyl sites for hydroxylation is 4. The van der Waals surface area contributed by atoms with Crippen LogP contribution in [0.15, 0.2) is 18.2 Å². The summed E-state index contributed by atoms with van der Waals surface area (Å²) in [6, 6.07) is 6.00. The highest BCUT2D eigenvalue weighted by molar-refractivity contribution is 5.45. The van der Waals surface area contributed by atoms with Gasteiger partial charge in [0.25, 0.3) is 0 Å². The van der Waals surface area contributed by atoms with Crippen molar-refractivity contribution in [2.24, 2.45) is 5.73 Å². The largest absolute Gasteiger partial charge is 0.438 e. The molecule has 0 saturated heterocycles. The van der Waals surface area contributed by atoms with Crippen LogP contribution in [0, 0.1) is 20.8 Å². The number of hydrogen-bond donors (Lipinski definition) is 1. The number of ether oxygens (including phenoxy) is 1. The van der Waals surface area contributed by atoms with Crippen LogP contribution in [0.1, 0.15) is 35.1 Å². The minimum Gasteiger partial charge on any atom is -0.438 e. The summed E-state index contributed by atoms with van der Waals surface area (Å²) in [6.45, 7) is 8.53. The molecule has 4 heteroatoms. The highest BCUT2D eigenvalue weighted by atomic mass is 16.5. The number of aromatic nitrogens is 2. The van der Waals surface area contributed by atoms with Crippen molar-refractivity contribution in [1.29, 1.82) is 0 Å². The molecule has 0 bridgehead atoms. The molecule has 106 valence electrons. The highest BCUT2D eigenvalue weighted by Gasteiger charge is 2.09. The molecule has 0 aliphatic rings. The molecule has 0 radical (unpaired) electrons. The molecular formula is C16H21N3O. The Morgan fingerprint density at radius 1 is 1.05 bits per heavy atom. The maximum absolute atomic E-state index is 5.97. The third-order valence-corrected chi connectivity index (χ3v) is 3.19. The van der Waals surface area contributed by atoms with Gasteiger partial charge in [-0.15, -0.1) is 0 Å². The Morgan fingerprint density at radius 2 is 1.70 bits per heavy atom. The molecule has 1 aromatic carbocycles. The highest BCUT2D eigenvalue weighted by Crippen LogP contribution is 2.29. The van der Waals surface area contributed by atoms with Crippen molar-refractivity contribution in [3.05, 3.63) is 46.4 Å². The second kappa shape index (κ2) is 6.01. The van der Waals surface area contributed by atoms with Crippen LogP contribution in [-0.4, -0.2) is 9.97 Å². The van der Waals surface area contributed by atoms with Gasteiger partial charge in [-0.25, -0.2) is 4.98 Å². The van der Waals surface area contributed by atoms with Crippen molar-refractivity contribution in [3.63, 3.8) is 0 Å². The first-order valence-corrected chi connectivity index (χ1v) is 6.86. The molecule has 0 saturated carbocycles. The Bertz CT molecular complexity index is 600. The van der Waals surface area contributed by atoms with E-state index in [0.29, 0.717) is 12.4 Å². The summed E-state index contributed by atoms with van der Waals surface area (Å²) in [5.74, 6) is 2.18. The lowest BCUT2D eigenvalue weighted by molar-refractivity contribution is 0.451. The average molecular weight is 271 g/mol. The zero-order chi connectivity index (χ0) is 14.7. The summed E-state index contributed by atoms with van der Waals surface area (Å²) in [5.41, 5.74) is 9.92. The van der Waals surface area contributed by atoms with Gasteiger partial charge in [0, 0.05) is 18.3 Å². The second-order valence-electron chi connectivity index (χ2n) is 4.96. The zero-order valence-electron chi connectivity index (χ0n) is 12.5. The summed E-state index contributed by atoms with van der Waals surface area (Å²) >= 11 is 0. The van der Waals surface area contributed by atoms with Gasteiger partial charge < -0.3 is 10.5 Å². The molecule has 0 unspecified atom stereocenters. The van der Waals surface area contributed by atoms with E-state index in [9.17, 15) is 0 Å². The van der Waals surface area contributed by atoms with E-state index in [2.05, 4.69) is 29.0 Å². The van der Waals surface area contributed by atoms with Gasteiger partial charge in [-0.2, -0.15) is 4.98 Å². The first-order valence-electron chi connectivity index (χ1n) is 6.86. The third-order valence-electron chi connectivity index (χ3n) is 3.19. The van der Waals surface area contributed by atoms with Crippen LogP contribution in [0.5, 0.6) is 11.6 Å². The van der Waals surface area contributed by atoms with E-state index in [4.69, 9.17) is 10.5 Å². The molecule has 0 spiro atoms. The number of nitrogens with two attached hydrogens (primary N) is 1. The number of hydrogen-bond acceptors (Lipinski definition) is 4. The standard InChI is InChI=1S/C16H21N3O/c1-5-14-8-15(19-12(4)18-14)20-16-10(2)6-13(9-17)7-11(16)3/h6-8H,5,9,17H2,1-4H3. The number of rotatable bonds is 4. The summed E-state index contributed by atoms with van der Waals surface area (Å²) in [7, 11) is 0. The Balaban J connectivity index is 2.37. The van der Waals surface area contributed by atoms with Crippen molar-refractivity contribution >= 4 is 0 Å². The Morgan fingerprint density at radius 3 is 2.25 bits per heavy atom. The van der Waals surface area contributed by atoms with Gasteiger partial charge in [-0.1, -0.05) is 19.1 Å². The van der Waals surface area contributed by atoms with Gasteiger partial charge in [0.05, 0.1) is 0 Å². The molecule has 2 N–H and O–H groups in total. The molecule has 0 aliphatic heterocycles. The molecule has 20 heavy (non-hydrogen) atoms. The minimum absolute atomic E-state index is 0.536. The monoisotopic (exact) mass is 271 g/mol. The molecule has 2 rings (SSSR count). The lowest BCUT2D eigenvalue weighted by Crippen LogP contribution is -2.01. The summed E-state index contributed by atoms with van der Waals surface area (Å²) in [4.78, 5) is 8.70. The van der Waals surface area contributed by atoms with Gasteiger partial charge in [0.2, 0.25) is 5.88 Å². The predicted octanol–water partition coefficient (Wildman–Crippen LogP) is 3.22.